The van der Waals surface area contributed by atoms with E-state index in [-0.39, 0.29) is 0 Å². The first-order chi connectivity index (χ1) is 7.27. The van der Waals surface area contributed by atoms with Crippen LogP contribution in [0.2, 0.25) is 0 Å². The molecule has 0 aromatic heterocycles. The summed E-state index contributed by atoms with van der Waals surface area (Å²) in [7, 11) is 0. The largest absolute Gasteiger partial charge is 0.493 e. The highest BCUT2D eigenvalue weighted by atomic mass is 16.5. The number of anilines is 1. The highest BCUT2D eigenvalue weighted by Gasteiger charge is 2.13. The third-order valence-corrected chi connectivity index (χ3v) is 2.62. The molecule has 1 aliphatic heterocycles. The van der Waals surface area contributed by atoms with Crippen LogP contribution in [0.15, 0.2) is 18.2 Å². The van der Waals surface area contributed by atoms with Crippen LogP contribution in [-0.2, 0) is 6.42 Å². The second-order valence-electron chi connectivity index (χ2n) is 4.52. The van der Waals surface area contributed by atoms with Crippen LogP contribution in [0.3, 0.4) is 0 Å². The molecule has 0 atom stereocenters. The van der Waals surface area contributed by atoms with Gasteiger partial charge in [-0.2, -0.15) is 0 Å². The van der Waals surface area contributed by atoms with Gasteiger partial charge in [-0.1, -0.05) is 19.9 Å². The van der Waals surface area contributed by atoms with Crippen LogP contribution in [-0.4, -0.2) is 13.2 Å². The van der Waals surface area contributed by atoms with E-state index in [1.807, 2.05) is 0 Å². The number of hydrogen-bond donors (Lipinski definition) is 1. The number of fused-ring (bicyclic) bond motifs is 1. The van der Waals surface area contributed by atoms with E-state index in [0.717, 1.165) is 25.3 Å². The Labute approximate surface area is 91.6 Å². The zero-order chi connectivity index (χ0) is 10.7. The molecule has 15 heavy (non-hydrogen) atoms. The maximum atomic E-state index is 5.83. The molecule has 2 rings (SSSR count). The minimum absolute atomic E-state index is 0.581. The maximum absolute atomic E-state index is 5.83. The van der Waals surface area contributed by atoms with Gasteiger partial charge in [-0.3, -0.25) is 0 Å². The van der Waals surface area contributed by atoms with Crippen molar-refractivity contribution < 1.29 is 4.74 Å². The van der Waals surface area contributed by atoms with Gasteiger partial charge in [0.15, 0.2) is 0 Å². The fourth-order valence-electron chi connectivity index (χ4n) is 1.87. The van der Waals surface area contributed by atoms with Crippen molar-refractivity contribution in [2.24, 2.45) is 5.92 Å². The van der Waals surface area contributed by atoms with E-state index in [9.17, 15) is 0 Å². The molecule has 2 nitrogen and oxygen atoms in total. The SMILES string of the molecule is CC(C)COc1cccc2c1CCCN2. The molecule has 0 unspecified atom stereocenters. The van der Waals surface area contributed by atoms with Crippen molar-refractivity contribution in [3.05, 3.63) is 23.8 Å². The monoisotopic (exact) mass is 205 g/mol. The fourth-order valence-corrected chi connectivity index (χ4v) is 1.87. The van der Waals surface area contributed by atoms with Crippen LogP contribution in [0.1, 0.15) is 25.8 Å². The Morgan fingerprint density at radius 2 is 2.27 bits per heavy atom. The Hall–Kier alpha value is -1.18. The molecule has 1 aromatic rings. The molecule has 0 radical (unpaired) electrons. The number of benzene rings is 1. The fraction of sp³-hybridized carbons (Fsp3) is 0.538. The summed E-state index contributed by atoms with van der Waals surface area (Å²) in [6.45, 7) is 6.23. The van der Waals surface area contributed by atoms with Crippen LogP contribution in [0.25, 0.3) is 0 Å². The van der Waals surface area contributed by atoms with Gasteiger partial charge in [0.2, 0.25) is 0 Å². The summed E-state index contributed by atoms with van der Waals surface area (Å²) in [6, 6.07) is 6.28. The lowest BCUT2D eigenvalue weighted by Crippen LogP contribution is -2.14. The number of hydrogen-bond acceptors (Lipinski definition) is 2. The van der Waals surface area contributed by atoms with E-state index in [1.54, 1.807) is 0 Å². The molecule has 0 bridgehead atoms. The van der Waals surface area contributed by atoms with Crippen LogP contribution < -0.4 is 10.1 Å². The van der Waals surface area contributed by atoms with Crippen LogP contribution >= 0.6 is 0 Å². The standard InChI is InChI=1S/C13H19NO/c1-10(2)9-15-13-7-3-6-12-11(13)5-4-8-14-12/h3,6-7,10,14H,4-5,8-9H2,1-2H3. The minimum atomic E-state index is 0.581. The Kier molecular flexibility index (Phi) is 3.14. The third-order valence-electron chi connectivity index (χ3n) is 2.62. The number of nitrogens with one attached hydrogen (secondary N) is 1. The van der Waals surface area contributed by atoms with Gasteiger partial charge >= 0.3 is 0 Å². The molecule has 1 aliphatic rings. The second-order valence-corrected chi connectivity index (χ2v) is 4.52. The van der Waals surface area contributed by atoms with Gasteiger partial charge in [0.25, 0.3) is 0 Å². The average molecular weight is 205 g/mol. The first kappa shape index (κ1) is 10.3. The molecule has 0 spiro atoms. The predicted molar refractivity (Wildman–Crippen MR) is 63.6 cm³/mol. The summed E-state index contributed by atoms with van der Waals surface area (Å²) in [6.07, 6.45) is 2.34. The van der Waals surface area contributed by atoms with E-state index >= 15 is 0 Å². The van der Waals surface area contributed by atoms with Crippen molar-refractivity contribution >= 4 is 5.69 Å². The predicted octanol–water partition coefficient (Wildman–Crippen LogP) is 3.08. The van der Waals surface area contributed by atoms with E-state index < -0.39 is 0 Å². The maximum Gasteiger partial charge on any atom is 0.124 e. The van der Waals surface area contributed by atoms with Crippen LogP contribution in [0.5, 0.6) is 5.75 Å². The van der Waals surface area contributed by atoms with Gasteiger partial charge < -0.3 is 10.1 Å². The summed E-state index contributed by atoms with van der Waals surface area (Å²) in [4.78, 5) is 0. The highest BCUT2D eigenvalue weighted by molar-refractivity contribution is 5.59. The first-order valence-electron chi connectivity index (χ1n) is 5.76. The lowest BCUT2D eigenvalue weighted by molar-refractivity contribution is 0.268. The number of rotatable bonds is 3. The van der Waals surface area contributed by atoms with Gasteiger partial charge in [0.1, 0.15) is 5.75 Å². The van der Waals surface area contributed by atoms with E-state index in [2.05, 4.69) is 37.4 Å². The van der Waals surface area contributed by atoms with Crippen molar-refractivity contribution in [1.82, 2.24) is 0 Å². The molecule has 0 fully saturated rings. The first-order valence-corrected chi connectivity index (χ1v) is 5.76. The molecular formula is C13H19NO. The Morgan fingerprint density at radius 1 is 1.40 bits per heavy atom. The summed E-state index contributed by atoms with van der Waals surface area (Å²) in [5, 5.41) is 3.41. The highest BCUT2D eigenvalue weighted by Crippen LogP contribution is 2.30. The molecule has 1 heterocycles. The van der Waals surface area contributed by atoms with Crippen LogP contribution in [0, 0.1) is 5.92 Å². The topological polar surface area (TPSA) is 21.3 Å². The normalized spacial score (nSPS) is 14.6. The van der Waals surface area contributed by atoms with Crippen molar-refractivity contribution in [1.29, 1.82) is 0 Å². The summed E-state index contributed by atoms with van der Waals surface area (Å²) in [5.74, 6) is 1.64. The zero-order valence-electron chi connectivity index (χ0n) is 9.55. The summed E-state index contributed by atoms with van der Waals surface area (Å²) >= 11 is 0. The van der Waals surface area contributed by atoms with Gasteiger partial charge in [0, 0.05) is 17.8 Å². The molecule has 0 aliphatic carbocycles. The Morgan fingerprint density at radius 3 is 3.07 bits per heavy atom. The van der Waals surface area contributed by atoms with Gasteiger partial charge in [-0.25, -0.2) is 0 Å². The number of ether oxygens (including phenoxy) is 1. The molecule has 0 saturated heterocycles. The van der Waals surface area contributed by atoms with E-state index in [4.69, 9.17) is 4.74 Å². The molecule has 2 heteroatoms. The third kappa shape index (κ3) is 2.44. The van der Waals surface area contributed by atoms with Crippen molar-refractivity contribution in [3.8, 4) is 5.75 Å². The van der Waals surface area contributed by atoms with Gasteiger partial charge in [0.05, 0.1) is 6.61 Å². The van der Waals surface area contributed by atoms with Gasteiger partial charge in [-0.15, -0.1) is 0 Å². The van der Waals surface area contributed by atoms with E-state index in [0.29, 0.717) is 5.92 Å². The van der Waals surface area contributed by atoms with Crippen molar-refractivity contribution in [2.45, 2.75) is 26.7 Å². The average Bonchev–Trinajstić information content (AvgIpc) is 2.26. The molecular weight excluding hydrogens is 186 g/mol. The Balaban J connectivity index is 2.16. The lowest BCUT2D eigenvalue weighted by Gasteiger charge is -2.21. The second kappa shape index (κ2) is 4.56. The Bertz CT molecular complexity index is 333. The summed E-state index contributed by atoms with van der Waals surface area (Å²) in [5.41, 5.74) is 2.60. The van der Waals surface area contributed by atoms with Crippen molar-refractivity contribution in [2.75, 3.05) is 18.5 Å². The summed E-state index contributed by atoms with van der Waals surface area (Å²) < 4.78 is 5.83. The minimum Gasteiger partial charge on any atom is -0.493 e. The van der Waals surface area contributed by atoms with Gasteiger partial charge in [-0.05, 0) is 30.9 Å². The molecule has 82 valence electrons. The molecule has 0 amide bonds. The molecule has 1 aromatic carbocycles. The van der Waals surface area contributed by atoms with Crippen LogP contribution in [0.4, 0.5) is 5.69 Å². The quantitative estimate of drug-likeness (QED) is 0.818. The van der Waals surface area contributed by atoms with Crippen molar-refractivity contribution in [3.63, 3.8) is 0 Å². The molecule has 1 N–H and O–H groups in total. The zero-order valence-corrected chi connectivity index (χ0v) is 9.55. The van der Waals surface area contributed by atoms with E-state index in [1.165, 1.54) is 17.7 Å². The lowest BCUT2D eigenvalue weighted by atomic mass is 10.0. The molecule has 0 saturated carbocycles. The smallest absolute Gasteiger partial charge is 0.124 e.